The van der Waals surface area contributed by atoms with E-state index < -0.39 is 5.97 Å². The average molecular weight is 388 g/mol. The van der Waals surface area contributed by atoms with Gasteiger partial charge in [0.1, 0.15) is 19.8 Å². The first-order valence-electron chi connectivity index (χ1n) is 9.38. The lowest BCUT2D eigenvalue weighted by Gasteiger charge is -2.18. The van der Waals surface area contributed by atoms with E-state index in [1.807, 2.05) is 31.2 Å². The Morgan fingerprint density at radius 2 is 1.55 bits per heavy atom. The molecule has 1 aliphatic rings. The summed E-state index contributed by atoms with van der Waals surface area (Å²) in [6, 6.07) is 19.4. The third kappa shape index (κ3) is 3.99. The highest BCUT2D eigenvalue weighted by Crippen LogP contribution is 2.31. The molecule has 1 aliphatic heterocycles. The summed E-state index contributed by atoms with van der Waals surface area (Å²) in [6.07, 6.45) is 0. The highest BCUT2D eigenvalue weighted by molar-refractivity contribution is 6.14. The molecule has 1 heterocycles. The van der Waals surface area contributed by atoms with E-state index >= 15 is 0 Å². The normalized spacial score (nSPS) is 12.3. The van der Waals surface area contributed by atoms with Gasteiger partial charge in [-0.15, -0.1) is 0 Å². The second kappa shape index (κ2) is 8.19. The van der Waals surface area contributed by atoms with E-state index in [0.29, 0.717) is 35.8 Å². The van der Waals surface area contributed by atoms with Crippen molar-refractivity contribution in [3.63, 3.8) is 0 Å². The number of ether oxygens (including phenoxy) is 3. The fourth-order valence-corrected chi connectivity index (χ4v) is 3.19. The number of rotatable bonds is 5. The Morgan fingerprint density at radius 3 is 2.34 bits per heavy atom. The summed E-state index contributed by atoms with van der Waals surface area (Å²) < 4.78 is 16.5. The van der Waals surface area contributed by atoms with E-state index in [9.17, 15) is 9.59 Å². The molecule has 3 aromatic carbocycles. The van der Waals surface area contributed by atoms with Crippen molar-refractivity contribution in [1.29, 1.82) is 0 Å². The molecule has 0 atom stereocenters. The van der Waals surface area contributed by atoms with Crippen LogP contribution in [0.25, 0.3) is 0 Å². The van der Waals surface area contributed by atoms with E-state index in [-0.39, 0.29) is 18.0 Å². The Hall–Kier alpha value is -3.60. The molecule has 0 N–H and O–H groups in total. The lowest BCUT2D eigenvalue weighted by molar-refractivity contribution is 0.0469. The van der Waals surface area contributed by atoms with E-state index in [0.717, 1.165) is 11.1 Å². The van der Waals surface area contributed by atoms with E-state index in [1.54, 1.807) is 42.5 Å². The Morgan fingerprint density at radius 1 is 0.862 bits per heavy atom. The van der Waals surface area contributed by atoms with Crippen molar-refractivity contribution in [2.75, 3.05) is 13.2 Å². The molecule has 3 aromatic rings. The number of hydrogen-bond acceptors (Lipinski definition) is 5. The van der Waals surface area contributed by atoms with Gasteiger partial charge >= 0.3 is 5.97 Å². The molecule has 0 aliphatic carbocycles. The Bertz CT molecular complexity index is 1070. The molecule has 0 saturated heterocycles. The van der Waals surface area contributed by atoms with Gasteiger partial charge < -0.3 is 14.2 Å². The maximum absolute atomic E-state index is 13.1. The second-order valence-electron chi connectivity index (χ2n) is 6.74. The lowest BCUT2D eigenvalue weighted by Crippen LogP contribution is -2.16. The summed E-state index contributed by atoms with van der Waals surface area (Å²) in [5, 5.41) is 0. The Labute approximate surface area is 168 Å². The fourth-order valence-electron chi connectivity index (χ4n) is 3.19. The summed E-state index contributed by atoms with van der Waals surface area (Å²) in [7, 11) is 0. The van der Waals surface area contributed by atoms with Gasteiger partial charge in [0.05, 0.1) is 5.56 Å². The standard InChI is InChI=1S/C24H20O5/c1-16-6-2-3-7-18(16)15-29-24(26)20-9-5-4-8-19(20)23(25)17-10-11-21-22(14-17)28-13-12-27-21/h2-11,14H,12-13,15H2,1H3. The minimum atomic E-state index is -0.533. The molecule has 0 aromatic heterocycles. The first-order valence-corrected chi connectivity index (χ1v) is 9.38. The summed E-state index contributed by atoms with van der Waals surface area (Å²) in [5.74, 6) is 0.334. The van der Waals surface area contributed by atoms with Gasteiger partial charge in [-0.3, -0.25) is 4.79 Å². The molecule has 0 amide bonds. The third-order valence-electron chi connectivity index (χ3n) is 4.82. The van der Waals surface area contributed by atoms with Crippen LogP contribution >= 0.6 is 0 Å². The van der Waals surface area contributed by atoms with Crippen molar-refractivity contribution in [1.82, 2.24) is 0 Å². The van der Waals surface area contributed by atoms with Gasteiger partial charge in [-0.25, -0.2) is 4.79 Å². The number of hydrogen-bond donors (Lipinski definition) is 0. The number of carbonyl (C=O) groups excluding carboxylic acids is 2. The first-order chi connectivity index (χ1) is 14.1. The van der Waals surface area contributed by atoms with E-state index in [1.165, 1.54) is 0 Å². The minimum absolute atomic E-state index is 0.151. The van der Waals surface area contributed by atoms with Crippen LogP contribution in [0.5, 0.6) is 11.5 Å². The molecule has 0 fully saturated rings. The number of esters is 1. The monoisotopic (exact) mass is 388 g/mol. The lowest BCUT2D eigenvalue weighted by atomic mass is 9.98. The molecule has 0 spiro atoms. The van der Waals surface area contributed by atoms with Crippen LogP contribution in [0.1, 0.15) is 37.4 Å². The van der Waals surface area contributed by atoms with Gasteiger partial charge in [0.15, 0.2) is 17.3 Å². The molecule has 0 unspecified atom stereocenters. The van der Waals surface area contributed by atoms with Crippen molar-refractivity contribution in [3.8, 4) is 11.5 Å². The Balaban J connectivity index is 1.57. The van der Waals surface area contributed by atoms with Crippen LogP contribution in [0.3, 0.4) is 0 Å². The molecular weight excluding hydrogens is 368 g/mol. The first kappa shape index (κ1) is 18.7. The molecule has 0 saturated carbocycles. The largest absolute Gasteiger partial charge is 0.486 e. The molecule has 5 heteroatoms. The van der Waals surface area contributed by atoms with Crippen LogP contribution in [0.2, 0.25) is 0 Å². The predicted molar refractivity (Wildman–Crippen MR) is 108 cm³/mol. The zero-order valence-corrected chi connectivity index (χ0v) is 16.0. The van der Waals surface area contributed by atoms with Crippen molar-refractivity contribution in [2.45, 2.75) is 13.5 Å². The number of aryl methyl sites for hydroxylation is 1. The van der Waals surface area contributed by atoms with Gasteiger partial charge in [0.25, 0.3) is 0 Å². The van der Waals surface area contributed by atoms with Crippen LogP contribution in [0.15, 0.2) is 66.7 Å². The van der Waals surface area contributed by atoms with E-state index in [2.05, 4.69) is 0 Å². The Kier molecular flexibility index (Phi) is 5.29. The molecule has 4 rings (SSSR count). The maximum atomic E-state index is 13.1. The minimum Gasteiger partial charge on any atom is -0.486 e. The number of fused-ring (bicyclic) bond motifs is 1. The zero-order chi connectivity index (χ0) is 20.2. The van der Waals surface area contributed by atoms with Crippen LogP contribution in [0.4, 0.5) is 0 Å². The van der Waals surface area contributed by atoms with Gasteiger partial charge in [0, 0.05) is 11.1 Å². The molecule has 29 heavy (non-hydrogen) atoms. The van der Waals surface area contributed by atoms with Gasteiger partial charge in [-0.05, 0) is 42.3 Å². The quantitative estimate of drug-likeness (QED) is 0.480. The number of carbonyl (C=O) groups is 2. The van der Waals surface area contributed by atoms with Crippen molar-refractivity contribution in [2.24, 2.45) is 0 Å². The number of benzene rings is 3. The molecule has 5 nitrogen and oxygen atoms in total. The summed E-state index contributed by atoms with van der Waals surface area (Å²) in [4.78, 5) is 25.8. The van der Waals surface area contributed by atoms with Crippen molar-refractivity contribution in [3.05, 3.63) is 94.5 Å². The molecule has 146 valence electrons. The second-order valence-corrected chi connectivity index (χ2v) is 6.74. The van der Waals surface area contributed by atoms with Gasteiger partial charge in [-0.1, -0.05) is 42.5 Å². The van der Waals surface area contributed by atoms with Crippen LogP contribution in [-0.2, 0) is 11.3 Å². The predicted octanol–water partition coefficient (Wildman–Crippen LogP) is 4.35. The van der Waals surface area contributed by atoms with Crippen LogP contribution < -0.4 is 9.47 Å². The zero-order valence-electron chi connectivity index (χ0n) is 16.0. The van der Waals surface area contributed by atoms with Crippen LogP contribution in [0, 0.1) is 6.92 Å². The average Bonchev–Trinajstić information content (AvgIpc) is 2.77. The third-order valence-corrected chi connectivity index (χ3v) is 4.82. The summed E-state index contributed by atoms with van der Waals surface area (Å²) in [5.41, 5.74) is 2.92. The van der Waals surface area contributed by atoms with Crippen molar-refractivity contribution >= 4 is 11.8 Å². The summed E-state index contributed by atoms with van der Waals surface area (Å²) >= 11 is 0. The molecule has 0 radical (unpaired) electrons. The van der Waals surface area contributed by atoms with Gasteiger partial charge in [0.2, 0.25) is 0 Å². The maximum Gasteiger partial charge on any atom is 0.339 e. The van der Waals surface area contributed by atoms with Gasteiger partial charge in [-0.2, -0.15) is 0 Å². The fraction of sp³-hybridized carbons (Fsp3) is 0.167. The topological polar surface area (TPSA) is 61.8 Å². The summed E-state index contributed by atoms with van der Waals surface area (Å²) in [6.45, 7) is 3.03. The van der Waals surface area contributed by atoms with E-state index in [4.69, 9.17) is 14.2 Å². The number of ketones is 1. The molecule has 0 bridgehead atoms. The van der Waals surface area contributed by atoms with Crippen molar-refractivity contribution < 1.29 is 23.8 Å². The highest BCUT2D eigenvalue weighted by atomic mass is 16.6. The smallest absolute Gasteiger partial charge is 0.339 e. The van der Waals surface area contributed by atoms with Crippen LogP contribution in [-0.4, -0.2) is 25.0 Å². The molecular formula is C24H20O5. The highest BCUT2D eigenvalue weighted by Gasteiger charge is 2.21. The SMILES string of the molecule is Cc1ccccc1COC(=O)c1ccccc1C(=O)c1ccc2c(c1)OCCO2.